The molecular weight excluding hydrogens is 552 g/mol. The Labute approximate surface area is 226 Å². The van der Waals surface area contributed by atoms with Gasteiger partial charge in [0.2, 0.25) is 0 Å². The van der Waals surface area contributed by atoms with Gasteiger partial charge in [-0.2, -0.15) is 13.2 Å². The largest absolute Gasteiger partial charge is 0.573 e. The standard InChI is InChI=1S/C26H29F6NO7/c1-2-37-22(23(34)35)17-18-5-7-19(8-6-18)38-16-15-33(14-4-3-13-25(27,28)29)24(36)39-20-9-11-21(12-10-20)40-26(30,31)32/h5-12,22H,2-4,13-17H2,1H3,(H,34,35). The van der Waals surface area contributed by atoms with Gasteiger partial charge in [-0.25, -0.2) is 9.59 Å². The number of ether oxygens (including phenoxy) is 4. The molecule has 0 bridgehead atoms. The lowest BCUT2D eigenvalue weighted by Gasteiger charge is -2.22. The lowest BCUT2D eigenvalue weighted by Crippen LogP contribution is -2.37. The SMILES string of the molecule is CCOC(Cc1ccc(OCCN(CCCCC(F)(F)F)C(=O)Oc2ccc(OC(F)(F)F)cc2)cc1)C(=O)O. The second-order valence-corrected chi connectivity index (χ2v) is 8.43. The second kappa shape index (κ2) is 15.2. The first kappa shape index (κ1) is 32.5. The van der Waals surface area contributed by atoms with E-state index in [0.717, 1.165) is 29.2 Å². The normalized spacial score (nSPS) is 12.5. The van der Waals surface area contributed by atoms with Crippen molar-refractivity contribution in [3.05, 3.63) is 54.1 Å². The molecule has 0 saturated carbocycles. The maximum Gasteiger partial charge on any atom is 0.573 e. The third-order valence-corrected chi connectivity index (χ3v) is 5.28. The van der Waals surface area contributed by atoms with E-state index in [9.17, 15) is 41.0 Å². The highest BCUT2D eigenvalue weighted by Crippen LogP contribution is 2.25. The highest BCUT2D eigenvalue weighted by Gasteiger charge is 2.31. The van der Waals surface area contributed by atoms with Crippen LogP contribution in [0.1, 0.15) is 31.7 Å². The predicted molar refractivity (Wildman–Crippen MR) is 129 cm³/mol. The number of benzene rings is 2. The van der Waals surface area contributed by atoms with Crippen LogP contribution in [-0.4, -0.2) is 67.0 Å². The number of nitrogens with zero attached hydrogens (tertiary/aromatic N) is 1. The van der Waals surface area contributed by atoms with Crippen LogP contribution in [0, 0.1) is 0 Å². The highest BCUT2D eigenvalue weighted by molar-refractivity contribution is 5.72. The molecule has 1 N–H and O–H groups in total. The van der Waals surface area contributed by atoms with Crippen molar-refractivity contribution in [2.75, 3.05) is 26.3 Å². The van der Waals surface area contributed by atoms with E-state index < -0.39 is 42.9 Å². The van der Waals surface area contributed by atoms with Gasteiger partial charge in [-0.1, -0.05) is 12.1 Å². The molecule has 0 aliphatic rings. The lowest BCUT2D eigenvalue weighted by atomic mass is 10.1. The Morgan fingerprint density at radius 2 is 1.48 bits per heavy atom. The minimum atomic E-state index is -4.89. The summed E-state index contributed by atoms with van der Waals surface area (Å²) in [5, 5.41) is 9.20. The van der Waals surface area contributed by atoms with Gasteiger partial charge in [0.1, 0.15) is 23.9 Å². The number of carboxylic acids is 1. The molecule has 222 valence electrons. The van der Waals surface area contributed by atoms with Crippen LogP contribution in [0.15, 0.2) is 48.5 Å². The van der Waals surface area contributed by atoms with E-state index in [0.29, 0.717) is 11.3 Å². The lowest BCUT2D eigenvalue weighted by molar-refractivity contribution is -0.274. The quantitative estimate of drug-likeness (QED) is 0.197. The topological polar surface area (TPSA) is 94.5 Å². The zero-order valence-corrected chi connectivity index (χ0v) is 21.5. The second-order valence-electron chi connectivity index (χ2n) is 8.43. The monoisotopic (exact) mass is 581 g/mol. The van der Waals surface area contributed by atoms with E-state index >= 15 is 0 Å². The molecule has 0 fully saturated rings. The van der Waals surface area contributed by atoms with E-state index in [1.54, 1.807) is 31.2 Å². The average Bonchev–Trinajstić information content (AvgIpc) is 2.85. The predicted octanol–water partition coefficient (Wildman–Crippen LogP) is 6.23. The van der Waals surface area contributed by atoms with Gasteiger partial charge in [-0.3, -0.25) is 0 Å². The molecule has 40 heavy (non-hydrogen) atoms. The number of hydrogen-bond acceptors (Lipinski definition) is 6. The van der Waals surface area contributed by atoms with Crippen molar-refractivity contribution in [1.29, 1.82) is 0 Å². The average molecular weight is 582 g/mol. The first-order chi connectivity index (χ1) is 18.8. The van der Waals surface area contributed by atoms with Crippen LogP contribution >= 0.6 is 0 Å². The zero-order valence-electron chi connectivity index (χ0n) is 21.5. The van der Waals surface area contributed by atoms with Gasteiger partial charge in [-0.05, 0) is 61.7 Å². The van der Waals surface area contributed by atoms with E-state index in [1.807, 2.05) is 0 Å². The number of amides is 1. The van der Waals surface area contributed by atoms with Crippen LogP contribution in [0.4, 0.5) is 31.1 Å². The molecule has 2 aromatic rings. The minimum absolute atomic E-state index is 0.0201. The smallest absolute Gasteiger partial charge is 0.492 e. The molecule has 0 spiro atoms. The van der Waals surface area contributed by atoms with Crippen LogP contribution in [0.5, 0.6) is 17.2 Å². The van der Waals surface area contributed by atoms with Gasteiger partial charge < -0.3 is 29.0 Å². The molecule has 2 rings (SSSR count). The molecule has 0 aliphatic carbocycles. The molecule has 2 aromatic carbocycles. The molecule has 0 heterocycles. The summed E-state index contributed by atoms with van der Waals surface area (Å²) < 4.78 is 94.1. The van der Waals surface area contributed by atoms with E-state index in [-0.39, 0.29) is 51.3 Å². The van der Waals surface area contributed by atoms with Crippen LogP contribution in [0.2, 0.25) is 0 Å². The summed E-state index contributed by atoms with van der Waals surface area (Å²) in [7, 11) is 0. The van der Waals surface area contributed by atoms with Gasteiger partial charge >= 0.3 is 24.6 Å². The Hall–Kier alpha value is -3.68. The number of hydrogen-bond donors (Lipinski definition) is 1. The summed E-state index contributed by atoms with van der Waals surface area (Å²) in [6, 6.07) is 10.6. The third kappa shape index (κ3) is 12.9. The van der Waals surface area contributed by atoms with Crippen molar-refractivity contribution in [2.24, 2.45) is 0 Å². The fourth-order valence-electron chi connectivity index (χ4n) is 3.43. The van der Waals surface area contributed by atoms with Gasteiger partial charge in [-0.15, -0.1) is 13.2 Å². The number of alkyl halides is 6. The molecule has 0 radical (unpaired) electrons. The van der Waals surface area contributed by atoms with Crippen molar-refractivity contribution < 1.29 is 60.0 Å². The van der Waals surface area contributed by atoms with E-state index in [2.05, 4.69) is 4.74 Å². The number of unbranched alkanes of at least 4 members (excludes halogenated alkanes) is 1. The molecule has 1 atom stereocenters. The molecule has 0 aliphatic heterocycles. The third-order valence-electron chi connectivity index (χ3n) is 5.28. The molecule has 14 heteroatoms. The summed E-state index contributed by atoms with van der Waals surface area (Å²) in [4.78, 5) is 25.0. The summed E-state index contributed by atoms with van der Waals surface area (Å²) in [6.45, 7) is 1.73. The van der Waals surface area contributed by atoms with E-state index in [1.165, 1.54) is 0 Å². The fraction of sp³-hybridized carbons (Fsp3) is 0.462. The van der Waals surface area contributed by atoms with Crippen molar-refractivity contribution >= 4 is 12.1 Å². The maximum atomic E-state index is 12.7. The van der Waals surface area contributed by atoms with Crippen molar-refractivity contribution in [3.8, 4) is 17.2 Å². The van der Waals surface area contributed by atoms with Crippen LogP contribution in [0.25, 0.3) is 0 Å². The summed E-state index contributed by atoms with van der Waals surface area (Å²) >= 11 is 0. The van der Waals surface area contributed by atoms with Crippen LogP contribution in [0.3, 0.4) is 0 Å². The Bertz CT molecular complexity index is 1060. The Morgan fingerprint density at radius 1 is 0.875 bits per heavy atom. The van der Waals surface area contributed by atoms with Crippen molar-refractivity contribution in [3.63, 3.8) is 0 Å². The first-order valence-electron chi connectivity index (χ1n) is 12.2. The Balaban J connectivity index is 1.96. The van der Waals surface area contributed by atoms with Crippen molar-refractivity contribution in [1.82, 2.24) is 4.90 Å². The molecule has 0 saturated heterocycles. The van der Waals surface area contributed by atoms with Crippen LogP contribution in [-0.2, 0) is 16.0 Å². The maximum absolute atomic E-state index is 12.7. The number of halogens is 6. The molecule has 8 nitrogen and oxygen atoms in total. The Morgan fingerprint density at radius 3 is 2.02 bits per heavy atom. The first-order valence-corrected chi connectivity index (χ1v) is 12.2. The minimum Gasteiger partial charge on any atom is -0.492 e. The Kier molecular flexibility index (Phi) is 12.4. The van der Waals surface area contributed by atoms with Gasteiger partial charge in [0.25, 0.3) is 0 Å². The van der Waals surface area contributed by atoms with Crippen LogP contribution < -0.4 is 14.2 Å². The van der Waals surface area contributed by atoms with E-state index in [4.69, 9.17) is 14.2 Å². The summed E-state index contributed by atoms with van der Waals surface area (Å²) in [6.07, 6.45) is -12.2. The number of carbonyl (C=O) groups excluding carboxylic acids is 1. The van der Waals surface area contributed by atoms with Crippen molar-refractivity contribution in [2.45, 2.75) is 51.2 Å². The molecule has 1 amide bonds. The summed E-state index contributed by atoms with van der Waals surface area (Å²) in [5.41, 5.74) is 0.690. The fourth-order valence-corrected chi connectivity index (χ4v) is 3.43. The molecular formula is C26H29F6NO7. The number of carboxylic acid groups (broad SMARTS) is 1. The number of rotatable bonds is 15. The highest BCUT2D eigenvalue weighted by atomic mass is 19.4. The molecule has 1 unspecified atom stereocenters. The van der Waals surface area contributed by atoms with Gasteiger partial charge in [0, 0.05) is 26.0 Å². The summed E-state index contributed by atoms with van der Waals surface area (Å²) in [5.74, 6) is -1.30. The number of aliphatic carboxylic acids is 1. The van der Waals surface area contributed by atoms with Gasteiger partial charge in [0.05, 0.1) is 6.54 Å². The zero-order chi connectivity index (χ0) is 29.8. The van der Waals surface area contributed by atoms with Gasteiger partial charge in [0.15, 0.2) is 6.10 Å². The number of carbonyl (C=O) groups is 2. The molecule has 0 aromatic heterocycles.